The third kappa shape index (κ3) is 8.06. The van der Waals surface area contributed by atoms with E-state index in [0.717, 1.165) is 47.5 Å². The van der Waals surface area contributed by atoms with E-state index in [1.54, 1.807) is 11.9 Å². The molecular weight excluding hydrogens is 470 g/mol. The fourth-order valence-corrected chi connectivity index (χ4v) is 3.91. The Kier molecular flexibility index (Phi) is 11.9. The van der Waals surface area contributed by atoms with Crippen molar-refractivity contribution in [2.45, 2.75) is 40.0 Å². The number of hydrogen-bond donors (Lipinski definition) is 1. The first kappa shape index (κ1) is 28.8. The number of benzene rings is 2. The van der Waals surface area contributed by atoms with Crippen molar-refractivity contribution in [2.75, 3.05) is 25.0 Å². The highest BCUT2D eigenvalue weighted by molar-refractivity contribution is 6.31. The van der Waals surface area contributed by atoms with Crippen LogP contribution in [-0.4, -0.2) is 37.5 Å². The molecule has 0 unspecified atom stereocenters. The topological polar surface area (TPSA) is 61.8 Å². The van der Waals surface area contributed by atoms with Crippen molar-refractivity contribution in [2.24, 2.45) is 4.99 Å². The first-order chi connectivity index (χ1) is 17.0. The zero-order valence-corrected chi connectivity index (χ0v) is 21.1. The van der Waals surface area contributed by atoms with Crippen LogP contribution in [0.5, 0.6) is 0 Å². The van der Waals surface area contributed by atoms with Crippen LogP contribution in [0.1, 0.15) is 51.2 Å². The Hall–Kier alpha value is -3.44. The molecule has 190 valence electrons. The number of likely N-dealkylation sites (N-methyl/N-ethyl adjacent to an activating group) is 1. The number of anilines is 1. The van der Waals surface area contributed by atoms with Gasteiger partial charge in [-0.05, 0) is 31.1 Å². The van der Waals surface area contributed by atoms with E-state index in [2.05, 4.69) is 17.2 Å². The smallest absolute Gasteiger partial charge is 0.248 e. The van der Waals surface area contributed by atoms with Gasteiger partial charge < -0.3 is 10.2 Å². The number of halogens is 1. The molecule has 2 aromatic rings. The largest absolute Gasteiger partial charge is 0.377 e. The van der Waals surface area contributed by atoms with Gasteiger partial charge in [-0.2, -0.15) is 0 Å². The molecule has 0 radical (unpaired) electrons. The van der Waals surface area contributed by atoms with E-state index < -0.39 is 0 Å². The number of ketones is 1. The maximum Gasteiger partial charge on any atom is 0.248 e. The Labute approximate surface area is 220 Å². The number of amides is 1. The quantitative estimate of drug-likeness (QED) is 0.471. The van der Waals surface area contributed by atoms with E-state index in [9.17, 15) is 9.59 Å². The molecule has 6 heteroatoms. The Morgan fingerprint density at radius 2 is 1.75 bits per heavy atom. The maximum atomic E-state index is 12.0. The molecule has 0 spiro atoms. The van der Waals surface area contributed by atoms with Gasteiger partial charge in [0.15, 0.2) is 5.78 Å². The number of aliphatic imine (C=N–C) groups is 1. The van der Waals surface area contributed by atoms with Crippen LogP contribution in [0, 0.1) is 0 Å². The fraction of sp³-hybridized carbons (Fsp3) is 0.300. The molecule has 1 aliphatic carbocycles. The van der Waals surface area contributed by atoms with Crippen LogP contribution in [0.2, 0.25) is 0 Å². The number of unbranched alkanes of at least 4 members (excludes halogenated alkanes) is 1. The molecule has 1 N–H and O–H groups in total. The van der Waals surface area contributed by atoms with E-state index in [1.165, 1.54) is 0 Å². The molecule has 1 heterocycles. The van der Waals surface area contributed by atoms with Crippen molar-refractivity contribution < 1.29 is 9.59 Å². The Morgan fingerprint density at radius 3 is 2.50 bits per heavy atom. The number of allylic oxidation sites excluding steroid dienone is 5. The van der Waals surface area contributed by atoms with Crippen molar-refractivity contribution in [1.82, 2.24) is 5.32 Å². The van der Waals surface area contributed by atoms with Crippen molar-refractivity contribution in [1.29, 1.82) is 0 Å². The van der Waals surface area contributed by atoms with Gasteiger partial charge in [0, 0.05) is 24.6 Å². The summed E-state index contributed by atoms with van der Waals surface area (Å²) in [4.78, 5) is 29.6. The first-order valence-corrected chi connectivity index (χ1v) is 12.3. The van der Waals surface area contributed by atoms with Crippen LogP contribution in [0.4, 0.5) is 5.69 Å². The number of fused-ring (bicyclic) bond motifs is 1. The number of Topliss-reactive ketones (excluding diaryl/α,β-unsaturated/α-hetero) is 1. The van der Waals surface area contributed by atoms with Crippen molar-refractivity contribution in [3.05, 3.63) is 101 Å². The summed E-state index contributed by atoms with van der Waals surface area (Å²) in [5.41, 5.74) is 4.67. The number of para-hydroxylation sites is 1. The lowest BCUT2D eigenvalue weighted by Gasteiger charge is -2.17. The standard InChI is InChI=1S/C16H14N2O.C13H18ClNO.CH4/c1-18-14-10-6-5-9-13(14)16(17-11-15(18)19)12-7-3-2-4-8-12;1-2-3-7-11(16)10-15-13-9-6-4-5-8-12(13)14;/h2-10H,11H2,1H3;5-6,8-9,15H,2-4,7,10H2,1H3;1H4. The Balaban J connectivity index is 0.000000251. The fourth-order valence-electron chi connectivity index (χ4n) is 3.69. The number of benzodiazepines with no additional fused rings is 1. The lowest BCUT2D eigenvalue weighted by molar-refractivity contribution is -0.118. The zero-order chi connectivity index (χ0) is 25.0. The van der Waals surface area contributed by atoms with Crippen LogP contribution in [0.3, 0.4) is 0 Å². The van der Waals surface area contributed by atoms with Crippen molar-refractivity contribution in [3.63, 3.8) is 0 Å². The number of hydrogen-bond acceptors (Lipinski definition) is 4. The van der Waals surface area contributed by atoms with Crippen LogP contribution in [0.15, 0.2) is 94.6 Å². The molecule has 5 nitrogen and oxygen atoms in total. The Bertz CT molecular complexity index is 1150. The van der Waals surface area contributed by atoms with Gasteiger partial charge in [-0.15, -0.1) is 0 Å². The summed E-state index contributed by atoms with van der Waals surface area (Å²) in [6.07, 6.45) is 11.3. The Morgan fingerprint density at radius 1 is 1.06 bits per heavy atom. The lowest BCUT2D eigenvalue weighted by atomic mass is 10.0. The zero-order valence-electron chi connectivity index (χ0n) is 20.3. The summed E-state index contributed by atoms with van der Waals surface area (Å²) in [5.74, 6) is 0.249. The molecular formula is C30H36ClN3O2. The molecule has 0 saturated heterocycles. The SMILES string of the molecule is C.CCCCC(=O)CNC1=C(Cl)C=CCC=C1.CN1C(=O)CN=C(c2ccccc2)c2ccccc21. The molecule has 2 aliphatic rings. The van der Waals surface area contributed by atoms with E-state index in [0.29, 0.717) is 18.0 Å². The second-order valence-electron chi connectivity index (χ2n) is 8.30. The predicted molar refractivity (Wildman–Crippen MR) is 152 cm³/mol. The highest BCUT2D eigenvalue weighted by Crippen LogP contribution is 2.25. The van der Waals surface area contributed by atoms with Gasteiger partial charge in [0.25, 0.3) is 0 Å². The van der Waals surface area contributed by atoms with Crippen molar-refractivity contribution in [3.8, 4) is 0 Å². The summed E-state index contributed by atoms with van der Waals surface area (Å²) < 4.78 is 0. The molecule has 0 aromatic heterocycles. The van der Waals surface area contributed by atoms with E-state index in [4.69, 9.17) is 11.6 Å². The third-order valence-electron chi connectivity index (χ3n) is 5.68. The highest BCUT2D eigenvalue weighted by Gasteiger charge is 2.21. The molecule has 0 atom stereocenters. The monoisotopic (exact) mass is 505 g/mol. The van der Waals surface area contributed by atoms with Crippen LogP contribution in [-0.2, 0) is 9.59 Å². The highest BCUT2D eigenvalue weighted by atomic mass is 35.5. The number of carbonyl (C=O) groups is 2. The average molecular weight is 506 g/mol. The number of rotatable bonds is 7. The lowest BCUT2D eigenvalue weighted by Crippen LogP contribution is -2.27. The molecule has 1 amide bonds. The van der Waals surface area contributed by atoms with E-state index in [-0.39, 0.29) is 25.7 Å². The molecule has 0 saturated carbocycles. The molecule has 1 aliphatic heterocycles. The van der Waals surface area contributed by atoms with Crippen LogP contribution >= 0.6 is 11.6 Å². The van der Waals surface area contributed by atoms with E-state index >= 15 is 0 Å². The maximum absolute atomic E-state index is 12.0. The van der Waals surface area contributed by atoms with Crippen LogP contribution in [0.25, 0.3) is 0 Å². The van der Waals surface area contributed by atoms with Crippen molar-refractivity contribution >= 4 is 34.7 Å². The van der Waals surface area contributed by atoms with Gasteiger partial charge in [-0.3, -0.25) is 14.6 Å². The molecule has 36 heavy (non-hydrogen) atoms. The van der Waals surface area contributed by atoms with Crippen LogP contribution < -0.4 is 10.2 Å². The van der Waals surface area contributed by atoms with E-state index in [1.807, 2.05) is 78.9 Å². The average Bonchev–Trinajstić information content (AvgIpc) is 3.17. The number of nitrogens with zero attached hydrogens (tertiary/aromatic N) is 2. The molecule has 2 aromatic carbocycles. The minimum Gasteiger partial charge on any atom is -0.377 e. The van der Waals surface area contributed by atoms with Gasteiger partial charge in [0.2, 0.25) is 5.91 Å². The number of carbonyl (C=O) groups excluding carboxylic acids is 2. The van der Waals surface area contributed by atoms with Gasteiger partial charge in [0.05, 0.1) is 28.7 Å². The van der Waals surface area contributed by atoms with Gasteiger partial charge >= 0.3 is 0 Å². The minimum absolute atomic E-state index is 0. The summed E-state index contributed by atoms with van der Waals surface area (Å²) in [6, 6.07) is 17.9. The van der Waals surface area contributed by atoms with Gasteiger partial charge in [0.1, 0.15) is 6.54 Å². The summed E-state index contributed by atoms with van der Waals surface area (Å²) >= 11 is 6.04. The number of nitrogens with one attached hydrogen (secondary N) is 1. The predicted octanol–water partition coefficient (Wildman–Crippen LogP) is 6.44. The second kappa shape index (κ2) is 14.8. The summed E-state index contributed by atoms with van der Waals surface area (Å²) in [5, 5.41) is 3.74. The molecule has 4 rings (SSSR count). The summed E-state index contributed by atoms with van der Waals surface area (Å²) in [6.45, 7) is 2.64. The third-order valence-corrected chi connectivity index (χ3v) is 6.01. The molecule has 0 bridgehead atoms. The minimum atomic E-state index is 0. The van der Waals surface area contributed by atoms with Gasteiger partial charge in [-0.25, -0.2) is 0 Å². The second-order valence-corrected chi connectivity index (χ2v) is 8.71. The summed E-state index contributed by atoms with van der Waals surface area (Å²) in [7, 11) is 1.80. The normalized spacial score (nSPS) is 14.5. The molecule has 0 fully saturated rings. The van der Waals surface area contributed by atoms with Gasteiger partial charge in [-0.1, -0.05) is 93.1 Å². The first-order valence-electron chi connectivity index (χ1n) is 12.0.